The monoisotopic (exact) mass is 215 g/mol. The average molecular weight is 216 g/mol. The van der Waals surface area contributed by atoms with Crippen LogP contribution in [0.2, 0.25) is 5.02 Å². The van der Waals surface area contributed by atoms with Crippen LogP contribution < -0.4 is 5.73 Å². The minimum Gasteiger partial charge on any atom is -0.359 e. The van der Waals surface area contributed by atoms with Crippen molar-refractivity contribution in [2.45, 2.75) is 6.10 Å². The second-order valence-corrected chi connectivity index (χ2v) is 3.29. The lowest BCUT2D eigenvalue weighted by Crippen LogP contribution is -2.16. The molecule has 0 heterocycles. The lowest BCUT2D eigenvalue weighted by Gasteiger charge is -2.15. The molecular weight excluding hydrogens is 202 g/mol. The smallest absolute Gasteiger partial charge is 0.147 e. The second kappa shape index (κ2) is 5.98. The van der Waals surface area contributed by atoms with Gasteiger partial charge >= 0.3 is 0 Å². The Morgan fingerprint density at radius 1 is 1.50 bits per heavy atom. The highest BCUT2D eigenvalue weighted by molar-refractivity contribution is 6.30. The Labute approximate surface area is 88.8 Å². The molecule has 0 aliphatic heterocycles. The molecule has 4 heteroatoms. The second-order valence-electron chi connectivity index (χ2n) is 2.85. The van der Waals surface area contributed by atoms with E-state index in [0.717, 1.165) is 5.56 Å². The number of benzene rings is 1. The Morgan fingerprint density at radius 2 is 2.29 bits per heavy atom. The van der Waals surface area contributed by atoms with Crippen LogP contribution in [0.3, 0.4) is 0 Å². The minimum absolute atomic E-state index is 0.159. The first kappa shape index (κ1) is 11.5. The SMILES string of the molecule is COCOC(CN)c1cccc(Cl)c1. The van der Waals surface area contributed by atoms with Crippen molar-refractivity contribution in [2.75, 3.05) is 20.4 Å². The largest absolute Gasteiger partial charge is 0.359 e. The standard InChI is InChI=1S/C10H14ClNO2/c1-13-7-14-10(6-12)8-3-2-4-9(11)5-8/h2-5,10H,6-7,12H2,1H3. The summed E-state index contributed by atoms with van der Waals surface area (Å²) in [5, 5.41) is 0.682. The molecule has 0 bridgehead atoms. The van der Waals surface area contributed by atoms with Gasteiger partial charge in [-0.05, 0) is 17.7 Å². The summed E-state index contributed by atoms with van der Waals surface area (Å²) in [4.78, 5) is 0. The van der Waals surface area contributed by atoms with Crippen molar-refractivity contribution in [2.24, 2.45) is 5.73 Å². The van der Waals surface area contributed by atoms with Crippen LogP contribution in [0.1, 0.15) is 11.7 Å². The molecule has 0 aromatic heterocycles. The molecule has 1 unspecified atom stereocenters. The molecule has 0 radical (unpaired) electrons. The summed E-state index contributed by atoms with van der Waals surface area (Å²) >= 11 is 5.85. The highest BCUT2D eigenvalue weighted by atomic mass is 35.5. The van der Waals surface area contributed by atoms with Crippen LogP contribution in [0.25, 0.3) is 0 Å². The number of rotatable bonds is 5. The van der Waals surface area contributed by atoms with Gasteiger partial charge in [-0.15, -0.1) is 0 Å². The molecular formula is C10H14ClNO2. The maximum atomic E-state index is 5.85. The summed E-state index contributed by atoms with van der Waals surface area (Å²) in [6, 6.07) is 7.46. The molecule has 1 rings (SSSR count). The van der Waals surface area contributed by atoms with E-state index in [1.807, 2.05) is 24.3 Å². The molecule has 0 spiro atoms. The fourth-order valence-electron chi connectivity index (χ4n) is 1.16. The lowest BCUT2D eigenvalue weighted by atomic mass is 10.1. The zero-order valence-electron chi connectivity index (χ0n) is 8.07. The number of methoxy groups -OCH3 is 1. The summed E-state index contributed by atoms with van der Waals surface area (Å²) in [5.41, 5.74) is 6.54. The van der Waals surface area contributed by atoms with Crippen LogP contribution in [0, 0.1) is 0 Å². The van der Waals surface area contributed by atoms with Crippen LogP contribution in [0.4, 0.5) is 0 Å². The van der Waals surface area contributed by atoms with Crippen LogP contribution in [-0.4, -0.2) is 20.4 Å². The van der Waals surface area contributed by atoms with Crippen molar-refractivity contribution >= 4 is 11.6 Å². The normalized spacial score (nSPS) is 12.8. The van der Waals surface area contributed by atoms with Gasteiger partial charge in [0, 0.05) is 18.7 Å². The molecule has 0 saturated carbocycles. The molecule has 1 atom stereocenters. The van der Waals surface area contributed by atoms with Gasteiger partial charge in [0.05, 0.1) is 6.10 Å². The number of hydrogen-bond acceptors (Lipinski definition) is 3. The van der Waals surface area contributed by atoms with Crippen molar-refractivity contribution in [1.29, 1.82) is 0 Å². The average Bonchev–Trinajstić information content (AvgIpc) is 2.19. The van der Waals surface area contributed by atoms with E-state index in [-0.39, 0.29) is 12.9 Å². The first-order valence-electron chi connectivity index (χ1n) is 4.34. The molecule has 1 aromatic rings. The van der Waals surface area contributed by atoms with Crippen molar-refractivity contribution < 1.29 is 9.47 Å². The summed E-state index contributed by atoms with van der Waals surface area (Å²) in [6.45, 7) is 0.637. The van der Waals surface area contributed by atoms with Gasteiger partial charge in [-0.1, -0.05) is 23.7 Å². The predicted molar refractivity (Wildman–Crippen MR) is 56.2 cm³/mol. The van der Waals surface area contributed by atoms with Crippen LogP contribution >= 0.6 is 11.6 Å². The van der Waals surface area contributed by atoms with Gasteiger partial charge in [-0.25, -0.2) is 0 Å². The van der Waals surface area contributed by atoms with Gasteiger partial charge < -0.3 is 15.2 Å². The molecule has 78 valence electrons. The van der Waals surface area contributed by atoms with E-state index in [2.05, 4.69) is 0 Å². The zero-order chi connectivity index (χ0) is 10.4. The van der Waals surface area contributed by atoms with Gasteiger partial charge in [0.15, 0.2) is 0 Å². The zero-order valence-corrected chi connectivity index (χ0v) is 8.83. The van der Waals surface area contributed by atoms with Crippen molar-refractivity contribution in [3.63, 3.8) is 0 Å². The fraction of sp³-hybridized carbons (Fsp3) is 0.400. The van der Waals surface area contributed by atoms with Crippen molar-refractivity contribution in [3.8, 4) is 0 Å². The molecule has 0 fully saturated rings. The fourth-order valence-corrected chi connectivity index (χ4v) is 1.36. The van der Waals surface area contributed by atoms with Gasteiger partial charge in [0.2, 0.25) is 0 Å². The maximum Gasteiger partial charge on any atom is 0.147 e. The van der Waals surface area contributed by atoms with Crippen molar-refractivity contribution in [3.05, 3.63) is 34.9 Å². The number of nitrogens with two attached hydrogens (primary N) is 1. The Balaban J connectivity index is 2.68. The molecule has 3 nitrogen and oxygen atoms in total. The number of halogens is 1. The maximum absolute atomic E-state index is 5.85. The summed E-state index contributed by atoms with van der Waals surface area (Å²) in [7, 11) is 1.57. The van der Waals surface area contributed by atoms with E-state index >= 15 is 0 Å². The van der Waals surface area contributed by atoms with E-state index in [4.69, 9.17) is 26.8 Å². The summed E-state index contributed by atoms with van der Waals surface area (Å²) < 4.78 is 10.2. The van der Waals surface area contributed by atoms with Gasteiger partial charge in [0.1, 0.15) is 6.79 Å². The lowest BCUT2D eigenvalue weighted by molar-refractivity contribution is -0.0698. The molecule has 2 N–H and O–H groups in total. The molecule has 1 aromatic carbocycles. The van der Waals surface area contributed by atoms with Crippen molar-refractivity contribution in [1.82, 2.24) is 0 Å². The summed E-state index contributed by atoms with van der Waals surface area (Å²) in [6.07, 6.45) is -0.159. The summed E-state index contributed by atoms with van der Waals surface area (Å²) in [5.74, 6) is 0. The number of hydrogen-bond donors (Lipinski definition) is 1. The highest BCUT2D eigenvalue weighted by Crippen LogP contribution is 2.19. The van der Waals surface area contributed by atoms with Gasteiger partial charge in [-0.2, -0.15) is 0 Å². The van der Waals surface area contributed by atoms with Crippen LogP contribution in [0.15, 0.2) is 24.3 Å². The topological polar surface area (TPSA) is 44.5 Å². The molecule has 14 heavy (non-hydrogen) atoms. The Morgan fingerprint density at radius 3 is 2.86 bits per heavy atom. The van der Waals surface area contributed by atoms with E-state index in [9.17, 15) is 0 Å². The quantitative estimate of drug-likeness (QED) is 0.764. The Kier molecular flexibility index (Phi) is 4.90. The Hall–Kier alpha value is -0.610. The first-order chi connectivity index (χ1) is 6.77. The first-order valence-corrected chi connectivity index (χ1v) is 4.71. The molecule has 0 aliphatic rings. The molecule has 0 saturated heterocycles. The van der Waals surface area contributed by atoms with Gasteiger partial charge in [0.25, 0.3) is 0 Å². The van der Waals surface area contributed by atoms with E-state index in [1.165, 1.54) is 0 Å². The predicted octanol–water partition coefficient (Wildman–Crippen LogP) is 1.96. The third kappa shape index (κ3) is 3.27. The van der Waals surface area contributed by atoms with Crippen LogP contribution in [-0.2, 0) is 9.47 Å². The van der Waals surface area contributed by atoms with E-state index in [0.29, 0.717) is 11.6 Å². The van der Waals surface area contributed by atoms with E-state index in [1.54, 1.807) is 7.11 Å². The minimum atomic E-state index is -0.159. The third-order valence-electron chi connectivity index (χ3n) is 1.82. The van der Waals surface area contributed by atoms with Crippen LogP contribution in [0.5, 0.6) is 0 Å². The van der Waals surface area contributed by atoms with E-state index < -0.39 is 0 Å². The van der Waals surface area contributed by atoms with Gasteiger partial charge in [-0.3, -0.25) is 0 Å². The highest BCUT2D eigenvalue weighted by Gasteiger charge is 2.09. The third-order valence-corrected chi connectivity index (χ3v) is 2.06. The Bertz CT molecular complexity index is 281. The number of ether oxygens (including phenoxy) is 2. The molecule has 0 amide bonds. The molecule has 0 aliphatic carbocycles.